The number of nitrogens with zero attached hydrogens (tertiary/aromatic N) is 3. The van der Waals surface area contributed by atoms with Gasteiger partial charge in [0.2, 0.25) is 11.7 Å². The number of methoxy groups -OCH3 is 1. The largest absolute Gasteiger partial charge is 0.497 e. The fraction of sp³-hybridized carbons (Fsp3) is 0.471. The summed E-state index contributed by atoms with van der Waals surface area (Å²) in [5, 5.41) is 4.02. The van der Waals surface area contributed by atoms with Gasteiger partial charge in [-0.3, -0.25) is 4.79 Å². The number of morpholine rings is 1. The van der Waals surface area contributed by atoms with Gasteiger partial charge in [0.05, 0.1) is 20.3 Å². The molecule has 0 radical (unpaired) electrons. The van der Waals surface area contributed by atoms with E-state index in [9.17, 15) is 4.79 Å². The minimum absolute atomic E-state index is 0.143. The van der Waals surface area contributed by atoms with Crippen LogP contribution in [-0.4, -0.2) is 47.8 Å². The molecular weight excluding hydrogens is 310 g/mol. The standard InChI is InChI=1S/C17H21N3O4/c1-3-4-15(21)20-9-10-23-14(11-20)16-18-17(24-19-16)12-5-7-13(22-2)8-6-12/h5-8,14H,3-4,9-11H2,1-2H3. The van der Waals surface area contributed by atoms with Crippen molar-refractivity contribution in [3.05, 3.63) is 30.1 Å². The Bertz CT molecular complexity index is 683. The summed E-state index contributed by atoms with van der Waals surface area (Å²) < 4.78 is 16.2. The molecule has 1 aromatic carbocycles. The first-order valence-electron chi connectivity index (χ1n) is 8.08. The highest BCUT2D eigenvalue weighted by Gasteiger charge is 2.28. The van der Waals surface area contributed by atoms with Crippen molar-refractivity contribution >= 4 is 5.91 Å². The summed E-state index contributed by atoms with van der Waals surface area (Å²) in [6.07, 6.45) is 1.04. The highest BCUT2D eigenvalue weighted by atomic mass is 16.5. The normalized spacial score (nSPS) is 17.8. The summed E-state index contributed by atoms with van der Waals surface area (Å²) in [6, 6.07) is 7.38. The van der Waals surface area contributed by atoms with Crippen molar-refractivity contribution in [1.82, 2.24) is 15.0 Å². The summed E-state index contributed by atoms with van der Waals surface area (Å²) in [4.78, 5) is 18.3. The summed E-state index contributed by atoms with van der Waals surface area (Å²) in [7, 11) is 1.62. The van der Waals surface area contributed by atoms with E-state index in [0.29, 0.717) is 37.8 Å². The quantitative estimate of drug-likeness (QED) is 0.837. The summed E-state index contributed by atoms with van der Waals surface area (Å²) in [5.41, 5.74) is 0.810. The smallest absolute Gasteiger partial charge is 0.258 e. The van der Waals surface area contributed by atoms with Crippen LogP contribution in [0.2, 0.25) is 0 Å². The number of benzene rings is 1. The van der Waals surface area contributed by atoms with Gasteiger partial charge in [0.1, 0.15) is 11.9 Å². The van der Waals surface area contributed by atoms with E-state index in [4.69, 9.17) is 14.0 Å². The van der Waals surface area contributed by atoms with Gasteiger partial charge < -0.3 is 18.9 Å². The van der Waals surface area contributed by atoms with Crippen LogP contribution in [0, 0.1) is 0 Å². The zero-order chi connectivity index (χ0) is 16.9. The topological polar surface area (TPSA) is 77.7 Å². The van der Waals surface area contributed by atoms with Crippen molar-refractivity contribution in [1.29, 1.82) is 0 Å². The number of carbonyl (C=O) groups is 1. The molecule has 1 fully saturated rings. The monoisotopic (exact) mass is 331 g/mol. The molecule has 2 heterocycles. The Morgan fingerprint density at radius 1 is 1.38 bits per heavy atom. The Morgan fingerprint density at radius 2 is 2.17 bits per heavy atom. The summed E-state index contributed by atoms with van der Waals surface area (Å²) in [5.74, 6) is 1.80. The SMILES string of the molecule is CCCC(=O)N1CCOC(c2noc(-c3ccc(OC)cc3)n2)C1. The van der Waals surface area contributed by atoms with E-state index < -0.39 is 0 Å². The lowest BCUT2D eigenvalue weighted by atomic mass is 10.2. The van der Waals surface area contributed by atoms with Crippen LogP contribution in [-0.2, 0) is 9.53 Å². The minimum Gasteiger partial charge on any atom is -0.497 e. The maximum Gasteiger partial charge on any atom is 0.258 e. The molecule has 1 amide bonds. The first-order valence-corrected chi connectivity index (χ1v) is 8.08. The second kappa shape index (κ2) is 7.44. The van der Waals surface area contributed by atoms with E-state index in [-0.39, 0.29) is 12.0 Å². The third-order valence-corrected chi connectivity index (χ3v) is 3.95. The Balaban J connectivity index is 1.71. The van der Waals surface area contributed by atoms with Crippen molar-refractivity contribution in [2.75, 3.05) is 26.8 Å². The Hall–Kier alpha value is -2.41. The molecule has 3 rings (SSSR count). The molecule has 0 saturated carbocycles. The van der Waals surface area contributed by atoms with Crippen LogP contribution >= 0.6 is 0 Å². The van der Waals surface area contributed by atoms with E-state index in [1.54, 1.807) is 12.0 Å². The molecule has 2 aromatic rings. The minimum atomic E-state index is -0.352. The van der Waals surface area contributed by atoms with Crippen molar-refractivity contribution < 1.29 is 18.8 Å². The number of hydrogen-bond acceptors (Lipinski definition) is 6. The van der Waals surface area contributed by atoms with Gasteiger partial charge in [-0.25, -0.2) is 0 Å². The maximum absolute atomic E-state index is 12.1. The van der Waals surface area contributed by atoms with Crippen molar-refractivity contribution in [2.45, 2.75) is 25.9 Å². The molecule has 1 aliphatic rings. The van der Waals surface area contributed by atoms with E-state index in [1.165, 1.54) is 0 Å². The molecule has 7 nitrogen and oxygen atoms in total. The zero-order valence-corrected chi connectivity index (χ0v) is 13.9. The van der Waals surface area contributed by atoms with E-state index in [1.807, 2.05) is 31.2 Å². The van der Waals surface area contributed by atoms with Gasteiger partial charge in [0, 0.05) is 18.5 Å². The average molecular weight is 331 g/mol. The summed E-state index contributed by atoms with van der Waals surface area (Å²) >= 11 is 0. The molecule has 1 aromatic heterocycles. The van der Waals surface area contributed by atoms with Gasteiger partial charge in [0.15, 0.2) is 0 Å². The fourth-order valence-electron chi connectivity index (χ4n) is 2.62. The molecule has 1 saturated heterocycles. The van der Waals surface area contributed by atoms with Gasteiger partial charge >= 0.3 is 0 Å². The lowest BCUT2D eigenvalue weighted by Gasteiger charge is -2.31. The van der Waals surface area contributed by atoms with E-state index >= 15 is 0 Å². The number of carbonyl (C=O) groups excluding carboxylic acids is 1. The Kier molecular flexibility index (Phi) is 5.10. The third-order valence-electron chi connectivity index (χ3n) is 3.95. The van der Waals surface area contributed by atoms with Crippen LogP contribution in [0.4, 0.5) is 0 Å². The van der Waals surface area contributed by atoms with Crippen LogP contribution in [0.5, 0.6) is 5.75 Å². The predicted octanol–water partition coefficient (Wildman–Crippen LogP) is 2.45. The van der Waals surface area contributed by atoms with Gasteiger partial charge in [-0.1, -0.05) is 12.1 Å². The first-order chi connectivity index (χ1) is 11.7. The molecule has 0 aliphatic carbocycles. The first kappa shape index (κ1) is 16.4. The van der Waals surface area contributed by atoms with E-state index in [2.05, 4.69) is 10.1 Å². The van der Waals surface area contributed by atoms with Crippen molar-refractivity contribution in [3.63, 3.8) is 0 Å². The molecule has 0 N–H and O–H groups in total. The number of amides is 1. The zero-order valence-electron chi connectivity index (χ0n) is 13.9. The van der Waals surface area contributed by atoms with Crippen molar-refractivity contribution in [2.24, 2.45) is 0 Å². The van der Waals surface area contributed by atoms with Gasteiger partial charge in [-0.15, -0.1) is 0 Å². The van der Waals surface area contributed by atoms with Gasteiger partial charge in [-0.2, -0.15) is 4.98 Å². The lowest BCUT2D eigenvalue weighted by molar-refractivity contribution is -0.139. The fourth-order valence-corrected chi connectivity index (χ4v) is 2.62. The molecule has 0 bridgehead atoms. The predicted molar refractivity (Wildman–Crippen MR) is 86.5 cm³/mol. The van der Waals surface area contributed by atoms with Crippen LogP contribution < -0.4 is 4.74 Å². The number of aromatic nitrogens is 2. The Labute approximate surface area is 140 Å². The van der Waals surface area contributed by atoms with Gasteiger partial charge in [0.25, 0.3) is 5.89 Å². The Morgan fingerprint density at radius 3 is 2.88 bits per heavy atom. The second-order valence-electron chi connectivity index (χ2n) is 5.64. The second-order valence-corrected chi connectivity index (χ2v) is 5.64. The van der Waals surface area contributed by atoms with Gasteiger partial charge in [-0.05, 0) is 30.7 Å². The lowest BCUT2D eigenvalue weighted by Crippen LogP contribution is -2.42. The van der Waals surface area contributed by atoms with Crippen LogP contribution in [0.25, 0.3) is 11.5 Å². The summed E-state index contributed by atoms with van der Waals surface area (Å²) in [6.45, 7) is 3.54. The highest BCUT2D eigenvalue weighted by Crippen LogP contribution is 2.25. The van der Waals surface area contributed by atoms with Crippen LogP contribution in [0.3, 0.4) is 0 Å². The molecule has 7 heteroatoms. The van der Waals surface area contributed by atoms with Crippen molar-refractivity contribution in [3.8, 4) is 17.2 Å². The molecule has 1 aliphatic heterocycles. The molecular formula is C17H21N3O4. The molecule has 24 heavy (non-hydrogen) atoms. The van der Waals surface area contributed by atoms with Crippen LogP contribution in [0.15, 0.2) is 28.8 Å². The number of rotatable bonds is 5. The molecule has 1 unspecified atom stereocenters. The van der Waals surface area contributed by atoms with Crippen LogP contribution in [0.1, 0.15) is 31.7 Å². The molecule has 128 valence electrons. The highest BCUT2D eigenvalue weighted by molar-refractivity contribution is 5.76. The number of hydrogen-bond donors (Lipinski definition) is 0. The van der Waals surface area contributed by atoms with E-state index in [0.717, 1.165) is 17.7 Å². The third kappa shape index (κ3) is 3.56. The average Bonchev–Trinajstić information content (AvgIpc) is 3.12. The molecule has 1 atom stereocenters. The number of ether oxygens (including phenoxy) is 2. The maximum atomic E-state index is 12.1. The molecule has 0 spiro atoms.